The van der Waals surface area contributed by atoms with Gasteiger partial charge in [-0.3, -0.25) is 9.59 Å². The highest BCUT2D eigenvalue weighted by Crippen LogP contribution is 2.46. The van der Waals surface area contributed by atoms with Crippen LogP contribution in [0.5, 0.6) is 17.4 Å². The molecule has 12 nitrogen and oxygen atoms in total. The molecule has 262 valence electrons. The molecule has 0 bridgehead atoms. The molecular formula is C38H37N5O7S. The molecule has 0 radical (unpaired) electrons. The van der Waals surface area contributed by atoms with Crippen molar-refractivity contribution in [2.75, 3.05) is 20.8 Å². The highest BCUT2D eigenvalue weighted by Gasteiger charge is 2.58. The van der Waals surface area contributed by atoms with Crippen molar-refractivity contribution >= 4 is 26.8 Å². The van der Waals surface area contributed by atoms with Crippen LogP contribution in [-0.4, -0.2) is 53.8 Å². The van der Waals surface area contributed by atoms with Crippen molar-refractivity contribution in [2.24, 2.45) is 7.05 Å². The number of sulfonamides is 1. The van der Waals surface area contributed by atoms with Gasteiger partial charge in [-0.15, -0.1) is 0 Å². The Balaban J connectivity index is 1.23. The topological polar surface area (TPSA) is 153 Å². The monoisotopic (exact) mass is 707 g/mol. The van der Waals surface area contributed by atoms with Crippen molar-refractivity contribution in [3.8, 4) is 23.4 Å². The Bertz CT molecular complexity index is 2210. The summed E-state index contributed by atoms with van der Waals surface area (Å²) in [5, 5.41) is 12.3. The minimum Gasteiger partial charge on any atom is -0.497 e. The van der Waals surface area contributed by atoms with E-state index in [0.717, 1.165) is 16.7 Å². The number of nitrogens with one attached hydrogen (secondary N) is 1. The minimum atomic E-state index is -3.93. The van der Waals surface area contributed by atoms with E-state index in [0.29, 0.717) is 40.8 Å². The molecule has 0 spiro atoms. The standard InChI is InChI=1S/C38H37N5O7S/c1-42-34-30(20-33(37(42)45)35(44)41-22-27-6-4-26(21-39)5-7-27)16-19-40-36(34)50-25-38(17-18-38)51(46,47)43(23-28-8-12-31(48-2)13-9-28)24-29-10-14-32(49-3)15-11-29/h4-16,19-20H,17-18,22-25H2,1-3H3,(H,41,44). The first-order valence-corrected chi connectivity index (χ1v) is 17.7. The number of fused-ring (bicyclic) bond motifs is 1. The Morgan fingerprint density at radius 3 is 2.02 bits per heavy atom. The molecule has 1 N–H and O–H groups in total. The molecular weight excluding hydrogens is 671 g/mol. The summed E-state index contributed by atoms with van der Waals surface area (Å²) in [6, 6.07) is 26.5. The van der Waals surface area contributed by atoms with Crippen LogP contribution in [0.4, 0.5) is 0 Å². The van der Waals surface area contributed by atoms with E-state index in [-0.39, 0.29) is 37.7 Å². The largest absolute Gasteiger partial charge is 0.497 e. The van der Waals surface area contributed by atoms with Gasteiger partial charge in [0.2, 0.25) is 15.9 Å². The van der Waals surface area contributed by atoms with Gasteiger partial charge in [0.05, 0.1) is 25.9 Å². The van der Waals surface area contributed by atoms with Crippen LogP contribution in [0.2, 0.25) is 0 Å². The zero-order valence-electron chi connectivity index (χ0n) is 28.5. The van der Waals surface area contributed by atoms with Crippen molar-refractivity contribution in [3.63, 3.8) is 0 Å². The number of nitrogens with zero attached hydrogens (tertiary/aromatic N) is 4. The molecule has 0 unspecified atom stereocenters. The van der Waals surface area contributed by atoms with E-state index < -0.39 is 26.2 Å². The van der Waals surface area contributed by atoms with E-state index in [1.165, 1.54) is 28.2 Å². The second-order valence-electron chi connectivity index (χ2n) is 12.4. The molecule has 51 heavy (non-hydrogen) atoms. The summed E-state index contributed by atoms with van der Waals surface area (Å²) in [5.41, 5.74) is 2.59. The van der Waals surface area contributed by atoms with Gasteiger partial charge < -0.3 is 24.1 Å². The van der Waals surface area contributed by atoms with Crippen LogP contribution in [0, 0.1) is 11.3 Å². The predicted octanol–water partition coefficient (Wildman–Crippen LogP) is 4.70. The number of methoxy groups -OCH3 is 2. The highest BCUT2D eigenvalue weighted by atomic mass is 32.2. The molecule has 1 saturated carbocycles. The molecule has 0 atom stereocenters. The molecule has 0 aliphatic heterocycles. The second-order valence-corrected chi connectivity index (χ2v) is 14.7. The number of benzene rings is 3. The van der Waals surface area contributed by atoms with Gasteiger partial charge in [0.15, 0.2) is 0 Å². The molecule has 1 fully saturated rings. The van der Waals surface area contributed by atoms with Crippen molar-refractivity contribution in [1.82, 2.24) is 19.2 Å². The summed E-state index contributed by atoms with van der Waals surface area (Å²) in [6.45, 7) is 0.263. The lowest BCUT2D eigenvalue weighted by Gasteiger charge is -2.28. The first kappa shape index (κ1) is 35.1. The van der Waals surface area contributed by atoms with Crippen LogP contribution < -0.4 is 25.1 Å². The van der Waals surface area contributed by atoms with Crippen molar-refractivity contribution in [2.45, 2.75) is 37.2 Å². The number of carbonyl (C=O) groups excluding carboxylic acids is 1. The number of hydrogen-bond acceptors (Lipinski definition) is 9. The van der Waals surface area contributed by atoms with E-state index in [1.807, 2.05) is 24.3 Å². The average Bonchev–Trinajstić information content (AvgIpc) is 3.96. The Morgan fingerprint density at radius 1 is 0.922 bits per heavy atom. The third kappa shape index (κ3) is 7.42. The van der Waals surface area contributed by atoms with Crippen LogP contribution in [0.1, 0.15) is 45.5 Å². The number of pyridine rings is 2. The van der Waals surface area contributed by atoms with Crippen LogP contribution in [0.15, 0.2) is 95.9 Å². The molecule has 1 amide bonds. The Morgan fingerprint density at radius 2 is 1.49 bits per heavy atom. The quantitative estimate of drug-likeness (QED) is 0.173. The van der Waals surface area contributed by atoms with Crippen molar-refractivity contribution < 1.29 is 27.4 Å². The molecule has 2 heterocycles. The molecule has 3 aromatic carbocycles. The average molecular weight is 708 g/mol. The lowest BCUT2D eigenvalue weighted by atomic mass is 10.1. The maximum Gasteiger partial charge on any atom is 0.263 e. The summed E-state index contributed by atoms with van der Waals surface area (Å²) in [6.07, 6.45) is 2.28. The minimum absolute atomic E-state index is 0.0651. The van der Waals surface area contributed by atoms with E-state index in [4.69, 9.17) is 19.5 Å². The van der Waals surface area contributed by atoms with Gasteiger partial charge in [0.1, 0.15) is 33.9 Å². The summed E-state index contributed by atoms with van der Waals surface area (Å²) in [4.78, 5) is 30.9. The van der Waals surface area contributed by atoms with Gasteiger partial charge in [0.25, 0.3) is 11.5 Å². The number of nitriles is 1. The first-order chi connectivity index (χ1) is 24.6. The highest BCUT2D eigenvalue weighted by molar-refractivity contribution is 7.90. The van der Waals surface area contributed by atoms with E-state index in [1.54, 1.807) is 68.8 Å². The van der Waals surface area contributed by atoms with Gasteiger partial charge in [-0.1, -0.05) is 36.4 Å². The lowest BCUT2D eigenvalue weighted by Crippen LogP contribution is -2.42. The molecule has 1 aliphatic carbocycles. The number of amides is 1. The maximum atomic E-state index is 14.5. The van der Waals surface area contributed by atoms with Gasteiger partial charge in [-0.05, 0) is 78.1 Å². The zero-order valence-corrected chi connectivity index (χ0v) is 29.3. The van der Waals surface area contributed by atoms with E-state index in [9.17, 15) is 18.0 Å². The lowest BCUT2D eigenvalue weighted by molar-refractivity contribution is 0.0949. The van der Waals surface area contributed by atoms with E-state index in [2.05, 4.69) is 16.4 Å². The van der Waals surface area contributed by atoms with Crippen molar-refractivity contribution in [3.05, 3.63) is 129 Å². The summed E-state index contributed by atoms with van der Waals surface area (Å²) < 4.78 is 47.2. The molecule has 2 aromatic heterocycles. The van der Waals surface area contributed by atoms with Gasteiger partial charge in [-0.2, -0.15) is 9.57 Å². The third-order valence-electron chi connectivity index (χ3n) is 9.08. The predicted molar refractivity (Wildman–Crippen MR) is 191 cm³/mol. The number of ether oxygens (including phenoxy) is 3. The van der Waals surface area contributed by atoms with Crippen LogP contribution >= 0.6 is 0 Å². The summed E-state index contributed by atoms with van der Waals surface area (Å²) in [5.74, 6) is 0.874. The molecule has 0 saturated heterocycles. The smallest absolute Gasteiger partial charge is 0.263 e. The molecule has 1 aliphatic rings. The Kier molecular flexibility index (Phi) is 10.1. The van der Waals surface area contributed by atoms with Gasteiger partial charge >= 0.3 is 0 Å². The van der Waals surface area contributed by atoms with Crippen LogP contribution in [0.25, 0.3) is 10.9 Å². The number of carbonyl (C=O) groups is 1. The van der Waals surface area contributed by atoms with Gasteiger partial charge in [-0.25, -0.2) is 13.4 Å². The van der Waals surface area contributed by atoms with E-state index >= 15 is 0 Å². The number of aromatic nitrogens is 2. The SMILES string of the molecule is COc1ccc(CN(Cc2ccc(OC)cc2)S(=O)(=O)C2(COc3nccc4cc(C(=O)NCc5ccc(C#N)cc5)c(=O)n(C)c34)CC2)cc1. The van der Waals surface area contributed by atoms with Crippen LogP contribution in [0.3, 0.4) is 0 Å². The van der Waals surface area contributed by atoms with Crippen molar-refractivity contribution in [1.29, 1.82) is 5.26 Å². The second kappa shape index (κ2) is 14.6. The molecule has 13 heteroatoms. The summed E-state index contributed by atoms with van der Waals surface area (Å²) in [7, 11) is 0.740. The fraction of sp³-hybridized carbons (Fsp3) is 0.263. The van der Waals surface area contributed by atoms with Gasteiger partial charge in [0, 0.05) is 38.3 Å². The Labute approximate surface area is 295 Å². The van der Waals surface area contributed by atoms with Crippen LogP contribution in [-0.2, 0) is 36.7 Å². The molecule has 5 aromatic rings. The Hall–Kier alpha value is -5.71. The number of rotatable bonds is 14. The number of hydrogen-bond donors (Lipinski definition) is 1. The third-order valence-corrected chi connectivity index (χ3v) is 11.6. The molecule has 6 rings (SSSR count). The summed E-state index contributed by atoms with van der Waals surface area (Å²) >= 11 is 0. The zero-order chi connectivity index (χ0) is 36.2. The maximum absolute atomic E-state index is 14.5. The number of aryl methyl sites for hydroxylation is 1. The fourth-order valence-corrected chi connectivity index (χ4v) is 7.84. The normalized spacial score (nSPS) is 13.4. The fourth-order valence-electron chi connectivity index (χ4n) is 5.83. The first-order valence-electron chi connectivity index (χ1n) is 16.2.